The molecule has 2 aliphatic rings. The van der Waals surface area contributed by atoms with Gasteiger partial charge in [0.05, 0.1) is 30.2 Å². The van der Waals surface area contributed by atoms with Crippen LogP contribution in [-0.4, -0.2) is 52.6 Å². The Hall–Kier alpha value is -2.41. The van der Waals surface area contributed by atoms with Crippen molar-refractivity contribution in [3.8, 4) is 0 Å². The zero-order chi connectivity index (χ0) is 18.1. The van der Waals surface area contributed by atoms with Crippen LogP contribution < -0.4 is 0 Å². The molecule has 26 heavy (non-hydrogen) atoms. The SMILES string of the molecule is CCOC(=O)C1CCCN(C(=O)c2ccc3c(c2)nc2n3CCOC2)C1. The maximum Gasteiger partial charge on any atom is 0.310 e. The van der Waals surface area contributed by atoms with Crippen molar-refractivity contribution in [3.05, 3.63) is 29.6 Å². The van der Waals surface area contributed by atoms with E-state index >= 15 is 0 Å². The van der Waals surface area contributed by atoms with E-state index in [9.17, 15) is 9.59 Å². The number of fused-ring (bicyclic) bond motifs is 3. The first kappa shape index (κ1) is 17.0. The second kappa shape index (κ2) is 7.07. The van der Waals surface area contributed by atoms with E-state index in [1.54, 1.807) is 11.8 Å². The monoisotopic (exact) mass is 357 g/mol. The first-order valence-electron chi connectivity index (χ1n) is 9.20. The number of amides is 1. The van der Waals surface area contributed by atoms with E-state index in [2.05, 4.69) is 9.55 Å². The molecule has 1 fully saturated rings. The number of rotatable bonds is 3. The Balaban J connectivity index is 1.55. The summed E-state index contributed by atoms with van der Waals surface area (Å²) in [5.41, 5.74) is 2.46. The Morgan fingerprint density at radius 2 is 2.23 bits per heavy atom. The second-order valence-electron chi connectivity index (χ2n) is 6.78. The Morgan fingerprint density at radius 1 is 1.35 bits per heavy atom. The lowest BCUT2D eigenvalue weighted by Crippen LogP contribution is -2.42. The molecule has 0 N–H and O–H groups in total. The van der Waals surface area contributed by atoms with E-state index in [0.717, 1.165) is 36.2 Å². The molecule has 3 heterocycles. The van der Waals surface area contributed by atoms with Crippen LogP contribution >= 0.6 is 0 Å². The second-order valence-corrected chi connectivity index (χ2v) is 6.78. The minimum Gasteiger partial charge on any atom is -0.466 e. The molecule has 0 radical (unpaired) electrons. The van der Waals surface area contributed by atoms with Gasteiger partial charge in [-0.15, -0.1) is 0 Å². The molecule has 1 atom stereocenters. The van der Waals surface area contributed by atoms with Crippen molar-refractivity contribution in [2.45, 2.75) is 32.9 Å². The highest BCUT2D eigenvalue weighted by Gasteiger charge is 2.30. The van der Waals surface area contributed by atoms with Crippen LogP contribution in [0, 0.1) is 5.92 Å². The number of nitrogens with zero attached hydrogens (tertiary/aromatic N) is 3. The van der Waals surface area contributed by atoms with Gasteiger partial charge >= 0.3 is 5.97 Å². The molecule has 7 nitrogen and oxygen atoms in total. The Morgan fingerprint density at radius 3 is 3.08 bits per heavy atom. The molecule has 4 rings (SSSR count). The molecule has 1 amide bonds. The van der Waals surface area contributed by atoms with Gasteiger partial charge in [0, 0.05) is 25.2 Å². The number of carbonyl (C=O) groups excluding carboxylic acids is 2. The van der Waals surface area contributed by atoms with E-state index < -0.39 is 0 Å². The number of imidazole rings is 1. The zero-order valence-electron chi connectivity index (χ0n) is 14.9. The summed E-state index contributed by atoms with van der Waals surface area (Å²) < 4.78 is 12.7. The highest BCUT2D eigenvalue weighted by Crippen LogP contribution is 2.24. The van der Waals surface area contributed by atoms with Gasteiger partial charge in [-0.2, -0.15) is 0 Å². The van der Waals surface area contributed by atoms with Crippen molar-refractivity contribution in [3.63, 3.8) is 0 Å². The van der Waals surface area contributed by atoms with Gasteiger partial charge in [0.2, 0.25) is 0 Å². The van der Waals surface area contributed by atoms with Crippen molar-refractivity contribution in [2.24, 2.45) is 5.92 Å². The van der Waals surface area contributed by atoms with E-state index in [1.807, 2.05) is 18.2 Å². The molecule has 1 saturated heterocycles. The summed E-state index contributed by atoms with van der Waals surface area (Å²) >= 11 is 0. The van der Waals surface area contributed by atoms with Gasteiger partial charge in [-0.25, -0.2) is 4.98 Å². The molecule has 1 unspecified atom stereocenters. The fourth-order valence-electron chi connectivity index (χ4n) is 3.79. The van der Waals surface area contributed by atoms with Crippen LogP contribution in [0.3, 0.4) is 0 Å². The lowest BCUT2D eigenvalue weighted by Gasteiger charge is -2.31. The van der Waals surface area contributed by atoms with Crippen LogP contribution in [0.5, 0.6) is 0 Å². The number of likely N-dealkylation sites (tertiary alicyclic amines) is 1. The highest BCUT2D eigenvalue weighted by molar-refractivity contribution is 5.97. The molecule has 0 saturated carbocycles. The third kappa shape index (κ3) is 3.07. The maximum absolute atomic E-state index is 12.9. The first-order valence-corrected chi connectivity index (χ1v) is 9.20. The number of hydrogen-bond acceptors (Lipinski definition) is 5. The minimum absolute atomic E-state index is 0.0527. The fourth-order valence-corrected chi connectivity index (χ4v) is 3.79. The lowest BCUT2D eigenvalue weighted by molar-refractivity contribution is -0.149. The first-order chi connectivity index (χ1) is 12.7. The Bertz CT molecular complexity index is 845. The number of piperidine rings is 1. The predicted molar refractivity (Wildman–Crippen MR) is 94.6 cm³/mol. The van der Waals surface area contributed by atoms with Crippen molar-refractivity contribution >= 4 is 22.9 Å². The molecule has 1 aromatic heterocycles. The van der Waals surface area contributed by atoms with Gasteiger partial charge in [-0.1, -0.05) is 0 Å². The molecule has 2 aliphatic heterocycles. The van der Waals surface area contributed by atoms with Crippen molar-refractivity contribution < 1.29 is 19.1 Å². The van der Waals surface area contributed by atoms with Gasteiger partial charge in [-0.3, -0.25) is 9.59 Å². The molecule has 2 aromatic rings. The third-order valence-corrected chi connectivity index (χ3v) is 5.09. The van der Waals surface area contributed by atoms with Crippen molar-refractivity contribution in [1.82, 2.24) is 14.5 Å². The molecule has 0 aliphatic carbocycles. The van der Waals surface area contributed by atoms with Crippen molar-refractivity contribution in [1.29, 1.82) is 0 Å². The third-order valence-electron chi connectivity index (χ3n) is 5.09. The number of hydrogen-bond donors (Lipinski definition) is 0. The van der Waals surface area contributed by atoms with Crippen LogP contribution in [0.25, 0.3) is 11.0 Å². The largest absolute Gasteiger partial charge is 0.466 e. The molecule has 0 bridgehead atoms. The number of esters is 1. The molecule has 138 valence electrons. The van der Waals surface area contributed by atoms with Crippen molar-refractivity contribution in [2.75, 3.05) is 26.3 Å². The zero-order valence-corrected chi connectivity index (χ0v) is 14.9. The number of ether oxygens (including phenoxy) is 2. The predicted octanol–water partition coefficient (Wildman–Crippen LogP) is 1.98. The van der Waals surface area contributed by atoms with Gasteiger partial charge in [0.15, 0.2) is 0 Å². The van der Waals surface area contributed by atoms with E-state index in [0.29, 0.717) is 38.5 Å². The summed E-state index contributed by atoms with van der Waals surface area (Å²) in [6, 6.07) is 5.65. The van der Waals surface area contributed by atoms with Crippen LogP contribution in [-0.2, 0) is 27.4 Å². The molecule has 1 aromatic carbocycles. The van der Waals surface area contributed by atoms with Crippen LogP contribution in [0.4, 0.5) is 0 Å². The van der Waals surface area contributed by atoms with Gasteiger partial charge in [-0.05, 0) is 38.0 Å². The quantitative estimate of drug-likeness (QED) is 0.786. The molecule has 7 heteroatoms. The normalized spacial score (nSPS) is 20.0. The summed E-state index contributed by atoms with van der Waals surface area (Å²) in [6.45, 7) is 5.23. The number of aromatic nitrogens is 2. The smallest absolute Gasteiger partial charge is 0.310 e. The summed E-state index contributed by atoms with van der Waals surface area (Å²) in [5, 5.41) is 0. The van der Waals surface area contributed by atoms with Crippen LogP contribution in [0.1, 0.15) is 35.9 Å². The average molecular weight is 357 g/mol. The molecule has 0 spiro atoms. The topological polar surface area (TPSA) is 73.7 Å². The van der Waals surface area contributed by atoms with E-state index in [-0.39, 0.29) is 17.8 Å². The number of carbonyl (C=O) groups is 2. The Kier molecular flexibility index (Phi) is 4.63. The highest BCUT2D eigenvalue weighted by atomic mass is 16.5. The fraction of sp³-hybridized carbons (Fsp3) is 0.526. The number of benzene rings is 1. The molecular formula is C19H23N3O4. The van der Waals surface area contributed by atoms with E-state index in [4.69, 9.17) is 9.47 Å². The summed E-state index contributed by atoms with van der Waals surface area (Å²) in [5.74, 6) is 0.412. The Labute approximate surface area is 151 Å². The minimum atomic E-state index is -0.228. The van der Waals surface area contributed by atoms with Gasteiger partial charge in [0.25, 0.3) is 5.91 Å². The molecular weight excluding hydrogens is 334 g/mol. The standard InChI is InChI=1S/C19H23N3O4/c1-2-26-19(24)14-4-3-7-21(11-14)18(23)13-5-6-16-15(10-13)20-17-12-25-9-8-22(16)17/h5-6,10,14H,2-4,7-9,11-12H2,1H3. The summed E-state index contributed by atoms with van der Waals surface area (Å²) in [7, 11) is 0. The average Bonchev–Trinajstić information content (AvgIpc) is 3.05. The maximum atomic E-state index is 12.9. The van der Waals surface area contributed by atoms with Gasteiger partial charge in [0.1, 0.15) is 12.4 Å². The van der Waals surface area contributed by atoms with Crippen LogP contribution in [0.2, 0.25) is 0 Å². The summed E-state index contributed by atoms with van der Waals surface area (Å²) in [4.78, 5) is 31.3. The van der Waals surface area contributed by atoms with Gasteiger partial charge < -0.3 is 18.9 Å². The lowest BCUT2D eigenvalue weighted by atomic mass is 9.97. The van der Waals surface area contributed by atoms with Crippen LogP contribution in [0.15, 0.2) is 18.2 Å². The van der Waals surface area contributed by atoms with E-state index in [1.165, 1.54) is 0 Å². The summed E-state index contributed by atoms with van der Waals surface area (Å²) in [6.07, 6.45) is 1.59.